The van der Waals surface area contributed by atoms with Gasteiger partial charge in [0.15, 0.2) is 23.3 Å². The predicted molar refractivity (Wildman–Crippen MR) is 508 cm³/mol. The second kappa shape index (κ2) is 45.8. The fraction of sp³-hybridized carbons (Fsp3) is 0.154. The quantitative estimate of drug-likeness (QED) is 0.0265. The zero-order valence-corrected chi connectivity index (χ0v) is 72.5. The molecule has 28 nitrogen and oxygen atoms in total. The number of pyridine rings is 4. The molecule has 0 aliphatic rings. The third kappa shape index (κ3) is 24.3. The molecule has 20 rings (SSSR count). The number of benzene rings is 8. The molecule has 0 amide bonds. The van der Waals surface area contributed by atoms with Crippen LogP contribution in [-0.4, -0.2) is 126 Å². The Hall–Kier alpha value is -16.4. The molecule has 656 valence electrons. The standard InChI is InChI=1S/C27H25N5O.2C26H24N6O.C25H23N7O/c1-2-9-21(10-3-1)15-16-28-19-22-11-8-12-23(29-22)20-33-27-25-14-5-4-13-24(25)26(30-31-27)32-17-6-7-18-32;1-2-8-20(9-3-1)14-16-27-18-21-10-6-11-22(29-21)19-33-26-24-13-5-4-12-23(24)25(30-31-26)32-17-7-15-28-32;1-2-7-20(8-3-1)13-14-27-17-21-9-6-10-22(29-21)18-33-26-24-12-5-4-11-23(24)25(30-31-26)32-16-15-28-19-32;1-2-7-19(8-3-1)13-14-26-15-20-9-6-10-21(29-20)16-33-25-23-12-5-4-11-22(23)24(30-31-25)32-18-27-17-28-32/h1-14,17-18,28H,15-16,19-20H2;1-13,15,17,27H,14,16,18-19H2;1-12,15-16,19,27H,13-14,17-18H2;1-12,17-18,26H,13-16H2. The lowest BCUT2D eigenvalue weighted by Crippen LogP contribution is -2.17. The van der Waals surface area contributed by atoms with E-state index in [1.165, 1.54) is 28.6 Å². The van der Waals surface area contributed by atoms with Gasteiger partial charge in [0.05, 0.1) is 45.6 Å². The zero-order valence-electron chi connectivity index (χ0n) is 72.5. The van der Waals surface area contributed by atoms with Crippen molar-refractivity contribution in [2.75, 3.05) is 26.2 Å². The smallest absolute Gasteiger partial charge is 0.241 e. The van der Waals surface area contributed by atoms with E-state index in [0.29, 0.717) is 81.2 Å². The number of hydrogen-bond acceptors (Lipinski definition) is 24. The lowest BCUT2D eigenvalue weighted by Gasteiger charge is -2.11. The molecule has 0 aliphatic carbocycles. The van der Waals surface area contributed by atoms with E-state index in [0.717, 1.165) is 159 Å². The molecule has 20 aromatic rings. The first-order chi connectivity index (χ1) is 65.5. The Kier molecular flexibility index (Phi) is 30.4. The van der Waals surface area contributed by atoms with Gasteiger partial charge in [-0.3, -0.25) is 24.5 Å². The lowest BCUT2D eigenvalue weighted by atomic mass is 10.1. The maximum atomic E-state index is 6.05. The number of rotatable bonds is 36. The van der Waals surface area contributed by atoms with Crippen molar-refractivity contribution in [1.29, 1.82) is 0 Å². The fourth-order valence-electron chi connectivity index (χ4n) is 14.8. The molecule has 0 saturated heterocycles. The maximum absolute atomic E-state index is 6.05. The Bertz CT molecular complexity index is 6120. The lowest BCUT2D eigenvalue weighted by molar-refractivity contribution is 0.289. The van der Waals surface area contributed by atoms with Crippen LogP contribution >= 0.6 is 0 Å². The van der Waals surface area contributed by atoms with E-state index in [1.54, 1.807) is 34.4 Å². The second-order valence-electron chi connectivity index (χ2n) is 30.6. The summed E-state index contributed by atoms with van der Waals surface area (Å²) in [5.74, 6) is 4.72. The largest absolute Gasteiger partial charge is 0.470 e. The molecule has 0 fully saturated rings. The summed E-state index contributed by atoms with van der Waals surface area (Å²) in [5, 5.41) is 64.3. The van der Waals surface area contributed by atoms with Gasteiger partial charge in [-0.05, 0) is 165 Å². The van der Waals surface area contributed by atoms with Crippen molar-refractivity contribution >= 4 is 43.1 Å². The molecule has 12 aromatic heterocycles. The molecular formula is C104H96N24O4. The Labute approximate surface area is 763 Å². The van der Waals surface area contributed by atoms with Crippen LogP contribution in [0.5, 0.6) is 23.5 Å². The summed E-state index contributed by atoms with van der Waals surface area (Å²) < 4.78 is 31.2. The van der Waals surface area contributed by atoms with Crippen LogP contribution < -0.4 is 40.2 Å². The summed E-state index contributed by atoms with van der Waals surface area (Å²) in [6, 6.07) is 103. The van der Waals surface area contributed by atoms with Crippen molar-refractivity contribution in [3.05, 3.63) is 433 Å². The number of hydrogen-bond donors (Lipinski definition) is 4. The van der Waals surface area contributed by atoms with E-state index in [1.807, 2.05) is 246 Å². The number of fused-ring (bicyclic) bond motifs is 4. The minimum Gasteiger partial charge on any atom is -0.470 e. The van der Waals surface area contributed by atoms with Crippen molar-refractivity contribution in [2.45, 2.75) is 78.3 Å². The maximum Gasteiger partial charge on any atom is 0.241 e. The van der Waals surface area contributed by atoms with Crippen LogP contribution in [-0.2, 0) is 78.3 Å². The highest BCUT2D eigenvalue weighted by Gasteiger charge is 2.19. The number of nitrogens with one attached hydrogen (secondary N) is 4. The first kappa shape index (κ1) is 87.7. The molecular weight excluding hydrogens is 1650 g/mol. The van der Waals surface area contributed by atoms with Crippen molar-refractivity contribution in [3.63, 3.8) is 0 Å². The van der Waals surface area contributed by atoms with Gasteiger partial charge in [0.2, 0.25) is 23.5 Å². The Balaban J connectivity index is 0.000000123. The monoisotopic (exact) mass is 1740 g/mol. The molecule has 132 heavy (non-hydrogen) atoms. The Morgan fingerprint density at radius 2 is 0.538 bits per heavy atom. The summed E-state index contributed by atoms with van der Waals surface area (Å²) in [6.07, 6.45) is 19.8. The molecule has 0 radical (unpaired) electrons. The van der Waals surface area contributed by atoms with E-state index >= 15 is 0 Å². The Morgan fingerprint density at radius 3 is 0.856 bits per heavy atom. The van der Waals surface area contributed by atoms with Gasteiger partial charge >= 0.3 is 0 Å². The van der Waals surface area contributed by atoms with Crippen molar-refractivity contribution in [2.24, 2.45) is 0 Å². The topological polar surface area (TPSA) is 311 Å². The number of nitrogens with zero attached hydrogens (tertiary/aromatic N) is 20. The average molecular weight is 1750 g/mol. The average Bonchev–Trinajstić information content (AvgIpc) is 1.31. The zero-order chi connectivity index (χ0) is 89.2. The number of ether oxygens (including phenoxy) is 4. The first-order valence-electron chi connectivity index (χ1n) is 43.7. The van der Waals surface area contributed by atoms with Crippen LogP contribution in [0.25, 0.3) is 66.4 Å². The molecule has 12 heterocycles. The van der Waals surface area contributed by atoms with Gasteiger partial charge in [-0.25, -0.2) is 19.3 Å². The van der Waals surface area contributed by atoms with Crippen LogP contribution in [0.1, 0.15) is 67.8 Å². The van der Waals surface area contributed by atoms with Gasteiger partial charge in [-0.1, -0.05) is 218 Å². The summed E-state index contributed by atoms with van der Waals surface area (Å²) >= 11 is 0. The minimum absolute atomic E-state index is 0.305. The molecule has 0 unspecified atom stereocenters. The van der Waals surface area contributed by atoms with Crippen molar-refractivity contribution < 1.29 is 18.9 Å². The van der Waals surface area contributed by atoms with E-state index < -0.39 is 0 Å². The Morgan fingerprint density at radius 1 is 0.227 bits per heavy atom. The number of imidazole rings is 1. The van der Waals surface area contributed by atoms with Gasteiger partial charge in [0, 0.05) is 106 Å². The number of aromatic nitrogens is 20. The van der Waals surface area contributed by atoms with Gasteiger partial charge in [0.25, 0.3) is 0 Å². The fourth-order valence-corrected chi connectivity index (χ4v) is 14.8. The van der Waals surface area contributed by atoms with E-state index in [-0.39, 0.29) is 0 Å². The summed E-state index contributed by atoms with van der Waals surface area (Å²) in [4.78, 5) is 27.0. The van der Waals surface area contributed by atoms with Crippen LogP contribution in [0.3, 0.4) is 0 Å². The highest BCUT2D eigenvalue weighted by atomic mass is 16.5. The normalized spacial score (nSPS) is 11.0. The van der Waals surface area contributed by atoms with E-state index in [9.17, 15) is 0 Å². The summed E-state index contributed by atoms with van der Waals surface area (Å²) in [7, 11) is 0. The van der Waals surface area contributed by atoms with Crippen LogP contribution in [0, 0.1) is 0 Å². The molecule has 0 saturated carbocycles. The molecule has 28 heteroatoms. The second-order valence-corrected chi connectivity index (χ2v) is 30.6. The third-order valence-electron chi connectivity index (χ3n) is 21.3. The molecule has 0 spiro atoms. The molecule has 0 aliphatic heterocycles. The van der Waals surface area contributed by atoms with Crippen LogP contribution in [0.4, 0.5) is 0 Å². The van der Waals surface area contributed by atoms with Gasteiger partial charge in [-0.15, -0.1) is 40.8 Å². The van der Waals surface area contributed by atoms with E-state index in [4.69, 9.17) is 38.9 Å². The SMILES string of the molecule is c1ccc(CCNCc2cccc(COc3nnc(-n4cccc4)c4ccccc34)n2)cc1.c1ccc(CCNCc2cccc(COc3nnc(-n4cccn4)c4ccccc34)n2)cc1.c1ccc(CCNCc2cccc(COc3nnc(-n4ccnc4)c4ccccc34)n2)cc1.c1ccc(CCNCc2cccc(COc3nnc(-n4cncn4)c4ccccc34)n2)cc1. The molecule has 8 aromatic carbocycles. The third-order valence-corrected chi connectivity index (χ3v) is 21.3. The van der Waals surface area contributed by atoms with Crippen LogP contribution in [0.2, 0.25) is 0 Å². The summed E-state index contributed by atoms with van der Waals surface area (Å²) in [6.45, 7) is 7.72. The molecule has 0 bridgehead atoms. The minimum atomic E-state index is 0.305. The summed E-state index contributed by atoms with van der Waals surface area (Å²) in [5.41, 5.74) is 12.6. The van der Waals surface area contributed by atoms with Crippen molar-refractivity contribution in [1.82, 2.24) is 121 Å². The van der Waals surface area contributed by atoms with Crippen molar-refractivity contribution in [3.8, 4) is 46.8 Å². The molecule has 0 atom stereocenters. The molecule has 4 N–H and O–H groups in total. The van der Waals surface area contributed by atoms with Gasteiger partial charge in [0.1, 0.15) is 45.4 Å². The van der Waals surface area contributed by atoms with Crippen LogP contribution in [0.15, 0.2) is 366 Å². The van der Waals surface area contributed by atoms with E-state index in [2.05, 4.69) is 179 Å². The highest BCUT2D eigenvalue weighted by Crippen LogP contribution is 2.32. The first-order valence-corrected chi connectivity index (χ1v) is 43.7. The van der Waals surface area contributed by atoms with Gasteiger partial charge in [-0.2, -0.15) is 10.2 Å². The predicted octanol–water partition coefficient (Wildman–Crippen LogP) is 16.5. The van der Waals surface area contributed by atoms with Gasteiger partial charge < -0.3 is 44.8 Å². The highest BCUT2D eigenvalue weighted by molar-refractivity contribution is 5.94.